The molecule has 0 atom stereocenters. The zero-order chi connectivity index (χ0) is 20.3. The van der Waals surface area contributed by atoms with Crippen molar-refractivity contribution in [3.8, 4) is 28.6 Å². The Morgan fingerprint density at radius 1 is 0.933 bits per heavy atom. The van der Waals surface area contributed by atoms with Crippen LogP contribution in [-0.4, -0.2) is 45.1 Å². The molecule has 5 rings (SSSR count). The Kier molecular flexibility index (Phi) is 4.69. The molecule has 1 amide bonds. The molecule has 0 radical (unpaired) electrons. The first-order valence-electron chi connectivity index (χ1n) is 9.62. The number of hydrogen-bond donors (Lipinski definition) is 0. The molecule has 0 bridgehead atoms. The van der Waals surface area contributed by atoms with Gasteiger partial charge in [-0.1, -0.05) is 23.4 Å². The van der Waals surface area contributed by atoms with Gasteiger partial charge in [-0.2, -0.15) is 4.98 Å². The van der Waals surface area contributed by atoms with E-state index in [1.807, 2.05) is 54.6 Å². The number of carbonyl (C=O) groups is 1. The molecule has 1 aliphatic heterocycles. The molecular formula is C23H18N4O3. The summed E-state index contributed by atoms with van der Waals surface area (Å²) in [5, 5.41) is 4.06. The van der Waals surface area contributed by atoms with Crippen LogP contribution in [0.4, 0.5) is 0 Å². The van der Waals surface area contributed by atoms with Crippen molar-refractivity contribution in [1.29, 1.82) is 0 Å². The lowest BCUT2D eigenvalue weighted by molar-refractivity contribution is 0.0178. The highest BCUT2D eigenvalue weighted by Gasteiger charge is 2.32. The van der Waals surface area contributed by atoms with Crippen molar-refractivity contribution in [3.05, 3.63) is 84.7 Å². The van der Waals surface area contributed by atoms with E-state index in [-0.39, 0.29) is 12.0 Å². The van der Waals surface area contributed by atoms with Gasteiger partial charge in [-0.25, -0.2) is 0 Å². The summed E-state index contributed by atoms with van der Waals surface area (Å²) in [7, 11) is 0. The average Bonchev–Trinajstić information content (AvgIpc) is 3.27. The van der Waals surface area contributed by atoms with Gasteiger partial charge in [-0.15, -0.1) is 0 Å². The Balaban J connectivity index is 1.19. The fourth-order valence-corrected chi connectivity index (χ4v) is 3.27. The van der Waals surface area contributed by atoms with Crippen molar-refractivity contribution in [2.75, 3.05) is 13.1 Å². The minimum atomic E-state index is -0.0171. The molecule has 2 aromatic heterocycles. The van der Waals surface area contributed by atoms with Crippen LogP contribution in [0.25, 0.3) is 22.8 Å². The van der Waals surface area contributed by atoms with E-state index in [1.165, 1.54) is 0 Å². The number of nitrogens with zero attached hydrogens (tertiary/aromatic N) is 4. The van der Waals surface area contributed by atoms with Crippen LogP contribution in [0.5, 0.6) is 5.75 Å². The minimum Gasteiger partial charge on any atom is -0.487 e. The molecule has 7 heteroatoms. The molecule has 1 aliphatic rings. The van der Waals surface area contributed by atoms with E-state index in [9.17, 15) is 4.79 Å². The van der Waals surface area contributed by atoms with Crippen molar-refractivity contribution >= 4 is 5.91 Å². The van der Waals surface area contributed by atoms with E-state index in [4.69, 9.17) is 9.26 Å². The highest BCUT2D eigenvalue weighted by molar-refractivity contribution is 5.94. The van der Waals surface area contributed by atoms with Gasteiger partial charge in [0.15, 0.2) is 0 Å². The predicted molar refractivity (Wildman–Crippen MR) is 110 cm³/mol. The molecule has 4 aromatic rings. The Morgan fingerprint density at radius 3 is 2.40 bits per heavy atom. The molecule has 30 heavy (non-hydrogen) atoms. The molecule has 0 aliphatic carbocycles. The van der Waals surface area contributed by atoms with Crippen molar-refractivity contribution in [3.63, 3.8) is 0 Å². The van der Waals surface area contributed by atoms with Crippen molar-refractivity contribution in [2.45, 2.75) is 6.10 Å². The van der Waals surface area contributed by atoms with E-state index in [2.05, 4.69) is 15.1 Å². The molecule has 0 saturated carbocycles. The third kappa shape index (κ3) is 3.65. The second-order valence-corrected chi connectivity index (χ2v) is 7.00. The molecular weight excluding hydrogens is 380 g/mol. The normalized spacial score (nSPS) is 13.7. The topological polar surface area (TPSA) is 81.4 Å². The summed E-state index contributed by atoms with van der Waals surface area (Å²) in [6.45, 7) is 1.13. The van der Waals surface area contributed by atoms with Crippen LogP contribution in [-0.2, 0) is 0 Å². The molecule has 0 spiro atoms. The number of aromatic nitrogens is 3. The van der Waals surface area contributed by atoms with Gasteiger partial charge >= 0.3 is 0 Å². The van der Waals surface area contributed by atoms with Crippen LogP contribution in [0.15, 0.2) is 83.6 Å². The summed E-state index contributed by atoms with van der Waals surface area (Å²) in [5.41, 5.74) is 2.37. The first-order valence-corrected chi connectivity index (χ1v) is 9.62. The lowest BCUT2D eigenvalue weighted by atomic mass is 10.1. The fraction of sp³-hybridized carbons (Fsp3) is 0.130. The summed E-state index contributed by atoms with van der Waals surface area (Å²) in [5.74, 6) is 1.75. The van der Waals surface area contributed by atoms with Gasteiger partial charge in [0.05, 0.1) is 13.1 Å². The van der Waals surface area contributed by atoms with Gasteiger partial charge in [0, 0.05) is 29.1 Å². The second kappa shape index (κ2) is 7.79. The number of rotatable bonds is 5. The van der Waals surface area contributed by atoms with Crippen molar-refractivity contribution < 1.29 is 14.1 Å². The third-order valence-corrected chi connectivity index (χ3v) is 4.92. The summed E-state index contributed by atoms with van der Waals surface area (Å²) in [6.07, 6.45) is 3.22. The number of benzene rings is 2. The SMILES string of the molecule is O=C(c1ccncc1)N1CC(Oc2ccc(-c3noc(-c4ccccc4)n3)cc2)C1. The fourth-order valence-electron chi connectivity index (χ4n) is 3.27. The van der Waals surface area contributed by atoms with Crippen molar-refractivity contribution in [1.82, 2.24) is 20.0 Å². The van der Waals surface area contributed by atoms with Crippen LogP contribution in [0, 0.1) is 0 Å². The quantitative estimate of drug-likeness (QED) is 0.510. The highest BCUT2D eigenvalue weighted by Crippen LogP contribution is 2.25. The van der Waals surface area contributed by atoms with E-state index < -0.39 is 0 Å². The van der Waals surface area contributed by atoms with E-state index in [1.54, 1.807) is 29.4 Å². The van der Waals surface area contributed by atoms with Gasteiger partial charge in [0.25, 0.3) is 11.8 Å². The molecule has 7 nitrogen and oxygen atoms in total. The first kappa shape index (κ1) is 18.1. The van der Waals surface area contributed by atoms with Gasteiger partial charge in [-0.3, -0.25) is 9.78 Å². The maximum absolute atomic E-state index is 12.4. The van der Waals surface area contributed by atoms with E-state index in [0.29, 0.717) is 30.4 Å². The molecule has 1 fully saturated rings. The Morgan fingerprint density at radius 2 is 1.67 bits per heavy atom. The van der Waals surface area contributed by atoms with E-state index >= 15 is 0 Å². The zero-order valence-electron chi connectivity index (χ0n) is 16.0. The largest absolute Gasteiger partial charge is 0.487 e. The van der Waals surface area contributed by atoms with Crippen LogP contribution in [0.2, 0.25) is 0 Å². The monoisotopic (exact) mass is 398 g/mol. The van der Waals surface area contributed by atoms with Gasteiger partial charge in [-0.05, 0) is 48.5 Å². The molecule has 2 aromatic carbocycles. The van der Waals surface area contributed by atoms with Gasteiger partial charge in [0.1, 0.15) is 11.9 Å². The van der Waals surface area contributed by atoms with Gasteiger partial charge in [0.2, 0.25) is 5.82 Å². The van der Waals surface area contributed by atoms with Crippen LogP contribution >= 0.6 is 0 Å². The number of likely N-dealkylation sites (tertiary alicyclic amines) is 1. The summed E-state index contributed by atoms with van der Waals surface area (Å²) in [4.78, 5) is 22.5. The maximum atomic E-state index is 12.4. The molecule has 3 heterocycles. The Labute approximate surface area is 172 Å². The summed E-state index contributed by atoms with van der Waals surface area (Å²) in [6, 6.07) is 20.6. The minimum absolute atomic E-state index is 0.000996. The number of amides is 1. The zero-order valence-corrected chi connectivity index (χ0v) is 16.0. The first-order chi connectivity index (χ1) is 14.8. The number of hydrogen-bond acceptors (Lipinski definition) is 6. The molecule has 1 saturated heterocycles. The smallest absolute Gasteiger partial charge is 0.258 e. The number of pyridine rings is 1. The molecule has 0 N–H and O–H groups in total. The molecule has 148 valence electrons. The lowest BCUT2D eigenvalue weighted by Gasteiger charge is -2.39. The lowest BCUT2D eigenvalue weighted by Crippen LogP contribution is -2.56. The third-order valence-electron chi connectivity index (χ3n) is 4.92. The van der Waals surface area contributed by atoms with Gasteiger partial charge < -0.3 is 14.2 Å². The standard InChI is InChI=1S/C23H18N4O3/c28-23(18-10-12-24-13-11-18)27-14-20(15-27)29-19-8-6-16(7-9-19)21-25-22(30-26-21)17-4-2-1-3-5-17/h1-13,20H,14-15H2. The second-order valence-electron chi connectivity index (χ2n) is 7.00. The van der Waals surface area contributed by atoms with Crippen molar-refractivity contribution in [2.24, 2.45) is 0 Å². The average molecular weight is 398 g/mol. The Bertz CT molecular complexity index is 1140. The maximum Gasteiger partial charge on any atom is 0.258 e. The highest BCUT2D eigenvalue weighted by atomic mass is 16.5. The predicted octanol–water partition coefficient (Wildman–Crippen LogP) is 3.70. The van der Waals surface area contributed by atoms with Crippen LogP contribution < -0.4 is 4.74 Å². The number of ether oxygens (including phenoxy) is 1. The summed E-state index contributed by atoms with van der Waals surface area (Å²) >= 11 is 0. The summed E-state index contributed by atoms with van der Waals surface area (Å²) < 4.78 is 11.3. The molecule has 0 unspecified atom stereocenters. The van der Waals surface area contributed by atoms with Crippen LogP contribution in [0.3, 0.4) is 0 Å². The van der Waals surface area contributed by atoms with E-state index in [0.717, 1.165) is 16.9 Å². The number of carbonyl (C=O) groups excluding carboxylic acids is 1. The van der Waals surface area contributed by atoms with Crippen LogP contribution in [0.1, 0.15) is 10.4 Å². The Hall–Kier alpha value is -4.00.